The highest BCUT2D eigenvalue weighted by Crippen LogP contribution is 2.18. The predicted molar refractivity (Wildman–Crippen MR) is 127 cm³/mol. The van der Waals surface area contributed by atoms with Crippen molar-refractivity contribution in [3.05, 3.63) is 90.5 Å². The van der Waals surface area contributed by atoms with Crippen molar-refractivity contribution < 1.29 is 14.5 Å². The van der Waals surface area contributed by atoms with Crippen molar-refractivity contribution in [1.82, 2.24) is 25.8 Å². The van der Waals surface area contributed by atoms with Crippen molar-refractivity contribution >= 4 is 52.6 Å². The molecule has 0 aliphatic carbocycles. The summed E-state index contributed by atoms with van der Waals surface area (Å²) in [6.07, 6.45) is 2.90. The number of non-ortho nitro benzene ring substituents is 1. The minimum Gasteiger partial charge on any atom is -0.265 e. The molecule has 170 valence electrons. The molecule has 4 rings (SSSR count). The van der Waals surface area contributed by atoms with Gasteiger partial charge >= 0.3 is 0 Å². The number of hydrogen-bond donors (Lipinski definition) is 2. The summed E-state index contributed by atoms with van der Waals surface area (Å²) in [5, 5.41) is 30.2. The van der Waals surface area contributed by atoms with Gasteiger partial charge in [-0.3, -0.25) is 19.7 Å². The van der Waals surface area contributed by atoms with E-state index in [4.69, 9.17) is 0 Å². The van der Waals surface area contributed by atoms with Crippen molar-refractivity contribution in [2.75, 3.05) is 0 Å². The molecular formula is C20H14N8O4S2. The first-order valence-corrected chi connectivity index (χ1v) is 11.2. The van der Waals surface area contributed by atoms with E-state index < -0.39 is 16.7 Å². The highest BCUT2D eigenvalue weighted by Gasteiger charge is 2.26. The summed E-state index contributed by atoms with van der Waals surface area (Å²) >= 11 is 2.86. The SMILES string of the molecule is O=C(N/N=C/c1cccs1)c1nnn(-c2ccc([N+](=O)[O-])cc2)c1C(=O)N/N=C/c1cccs1. The largest absolute Gasteiger partial charge is 0.294 e. The minimum absolute atomic E-state index is 0.142. The second-order valence-electron chi connectivity index (χ2n) is 6.40. The van der Waals surface area contributed by atoms with E-state index in [1.165, 1.54) is 59.4 Å². The number of nitrogens with zero attached hydrogens (tertiary/aromatic N) is 6. The van der Waals surface area contributed by atoms with Gasteiger partial charge in [0.25, 0.3) is 17.5 Å². The first-order valence-electron chi connectivity index (χ1n) is 9.47. The summed E-state index contributed by atoms with van der Waals surface area (Å²) in [6, 6.07) is 12.6. The van der Waals surface area contributed by atoms with E-state index in [2.05, 4.69) is 31.4 Å². The second kappa shape index (κ2) is 10.4. The van der Waals surface area contributed by atoms with Crippen molar-refractivity contribution in [2.24, 2.45) is 10.2 Å². The number of nitro groups is 1. The van der Waals surface area contributed by atoms with Crippen molar-refractivity contribution in [1.29, 1.82) is 0 Å². The van der Waals surface area contributed by atoms with E-state index in [9.17, 15) is 19.7 Å². The van der Waals surface area contributed by atoms with E-state index in [1.807, 2.05) is 35.0 Å². The Labute approximate surface area is 199 Å². The number of aromatic nitrogens is 3. The molecular weight excluding hydrogens is 480 g/mol. The number of nitro benzene ring substituents is 1. The number of amides is 2. The summed E-state index contributed by atoms with van der Waals surface area (Å²) in [5.41, 5.74) is 4.28. The number of rotatable bonds is 8. The van der Waals surface area contributed by atoms with Gasteiger partial charge in [0, 0.05) is 21.9 Å². The first kappa shape index (κ1) is 22.6. The molecule has 2 N–H and O–H groups in total. The van der Waals surface area contributed by atoms with Gasteiger partial charge in [0.05, 0.1) is 23.0 Å². The Hall–Kier alpha value is -4.56. The predicted octanol–water partition coefficient (Wildman–Crippen LogP) is 2.83. The third-order valence-electron chi connectivity index (χ3n) is 4.21. The van der Waals surface area contributed by atoms with Crippen LogP contribution in [0.25, 0.3) is 5.69 Å². The fourth-order valence-corrected chi connectivity index (χ4v) is 3.85. The van der Waals surface area contributed by atoms with E-state index in [0.29, 0.717) is 0 Å². The van der Waals surface area contributed by atoms with Crippen molar-refractivity contribution in [2.45, 2.75) is 0 Å². The molecule has 0 spiro atoms. The van der Waals surface area contributed by atoms with Crippen LogP contribution in [0.1, 0.15) is 30.7 Å². The molecule has 0 aliphatic rings. The van der Waals surface area contributed by atoms with Crippen LogP contribution in [0.4, 0.5) is 5.69 Å². The molecule has 0 unspecified atom stereocenters. The van der Waals surface area contributed by atoms with E-state index >= 15 is 0 Å². The average Bonchev–Trinajstić information content (AvgIpc) is 3.60. The molecule has 0 saturated heterocycles. The molecule has 0 aliphatic heterocycles. The Balaban J connectivity index is 1.62. The Morgan fingerprint density at radius 2 is 1.53 bits per heavy atom. The number of nitrogens with one attached hydrogen (secondary N) is 2. The zero-order chi connectivity index (χ0) is 23.9. The highest BCUT2D eigenvalue weighted by atomic mass is 32.1. The van der Waals surface area contributed by atoms with Crippen LogP contribution in [0.2, 0.25) is 0 Å². The molecule has 0 radical (unpaired) electrons. The van der Waals surface area contributed by atoms with Crippen LogP contribution in [-0.2, 0) is 0 Å². The monoisotopic (exact) mass is 494 g/mol. The summed E-state index contributed by atoms with van der Waals surface area (Å²) in [5.74, 6) is -1.53. The second-order valence-corrected chi connectivity index (χ2v) is 8.36. The topological polar surface area (TPSA) is 157 Å². The Kier molecular flexibility index (Phi) is 6.90. The Bertz CT molecular complexity index is 1360. The molecule has 12 nitrogen and oxygen atoms in total. The zero-order valence-corrected chi connectivity index (χ0v) is 18.7. The van der Waals surface area contributed by atoms with E-state index in [-0.39, 0.29) is 22.8 Å². The van der Waals surface area contributed by atoms with Gasteiger partial charge in [-0.05, 0) is 35.0 Å². The summed E-state index contributed by atoms with van der Waals surface area (Å²) in [4.78, 5) is 37.7. The third-order valence-corrected chi connectivity index (χ3v) is 5.82. The molecule has 14 heteroatoms. The quantitative estimate of drug-likeness (QED) is 0.218. The Morgan fingerprint density at radius 3 is 2.06 bits per heavy atom. The standard InChI is InChI=1S/C20H14N8O4S2/c29-19(24-21-11-15-3-1-9-33-15)17-18(20(30)25-22-12-16-4-2-10-34-16)27(26-23-17)13-5-7-14(8-6-13)28(31)32/h1-12H,(H,24,29)(H,25,30)/b21-11+,22-12+. The van der Waals surface area contributed by atoms with Crippen LogP contribution in [0.5, 0.6) is 0 Å². The molecule has 1 aromatic carbocycles. The fourth-order valence-electron chi connectivity index (χ4n) is 2.68. The third kappa shape index (κ3) is 5.25. The number of carbonyl (C=O) groups excluding carboxylic acids is 2. The van der Waals surface area contributed by atoms with Gasteiger partial charge in [-0.15, -0.1) is 27.8 Å². The number of benzene rings is 1. The molecule has 0 bridgehead atoms. The number of carbonyl (C=O) groups is 2. The Morgan fingerprint density at radius 1 is 0.941 bits per heavy atom. The molecule has 3 aromatic heterocycles. The van der Waals surface area contributed by atoms with Gasteiger partial charge in [-0.25, -0.2) is 15.5 Å². The minimum atomic E-state index is -0.770. The van der Waals surface area contributed by atoms with Gasteiger partial charge in [-0.1, -0.05) is 17.3 Å². The van der Waals surface area contributed by atoms with Crippen molar-refractivity contribution in [3.63, 3.8) is 0 Å². The lowest BCUT2D eigenvalue weighted by atomic mass is 10.2. The lowest BCUT2D eigenvalue weighted by molar-refractivity contribution is -0.384. The summed E-state index contributed by atoms with van der Waals surface area (Å²) in [7, 11) is 0. The lowest BCUT2D eigenvalue weighted by Crippen LogP contribution is -2.27. The summed E-state index contributed by atoms with van der Waals surface area (Å²) in [6.45, 7) is 0. The highest BCUT2D eigenvalue weighted by molar-refractivity contribution is 7.12. The molecule has 0 saturated carbocycles. The van der Waals surface area contributed by atoms with Gasteiger partial charge < -0.3 is 0 Å². The molecule has 2 amide bonds. The maximum absolute atomic E-state index is 12.9. The van der Waals surface area contributed by atoms with Crippen LogP contribution in [0.15, 0.2) is 69.5 Å². The summed E-state index contributed by atoms with van der Waals surface area (Å²) < 4.78 is 1.09. The van der Waals surface area contributed by atoms with E-state index in [1.54, 1.807) is 0 Å². The van der Waals surface area contributed by atoms with Crippen molar-refractivity contribution in [3.8, 4) is 5.69 Å². The number of hydrazone groups is 2. The van der Waals surface area contributed by atoms with Crippen LogP contribution in [-0.4, -0.2) is 44.2 Å². The van der Waals surface area contributed by atoms with Crippen LogP contribution < -0.4 is 10.9 Å². The normalized spacial score (nSPS) is 11.2. The first-order chi connectivity index (χ1) is 16.5. The maximum Gasteiger partial charge on any atom is 0.294 e. The van der Waals surface area contributed by atoms with Gasteiger partial charge in [0.2, 0.25) is 0 Å². The van der Waals surface area contributed by atoms with Crippen LogP contribution >= 0.6 is 22.7 Å². The number of thiophene rings is 2. The molecule has 0 fully saturated rings. The van der Waals surface area contributed by atoms with Gasteiger partial charge in [0.15, 0.2) is 11.4 Å². The van der Waals surface area contributed by atoms with Gasteiger partial charge in [-0.2, -0.15) is 10.2 Å². The molecule has 3 heterocycles. The van der Waals surface area contributed by atoms with Crippen LogP contribution in [0, 0.1) is 10.1 Å². The van der Waals surface area contributed by atoms with Crippen LogP contribution in [0.3, 0.4) is 0 Å². The average molecular weight is 495 g/mol. The lowest BCUT2D eigenvalue weighted by Gasteiger charge is -2.06. The van der Waals surface area contributed by atoms with E-state index in [0.717, 1.165) is 14.4 Å². The maximum atomic E-state index is 12.9. The molecule has 34 heavy (non-hydrogen) atoms. The molecule has 4 aromatic rings. The smallest absolute Gasteiger partial charge is 0.265 e. The van der Waals surface area contributed by atoms with Gasteiger partial charge in [0.1, 0.15) is 0 Å². The fraction of sp³-hybridized carbons (Fsp3) is 0. The zero-order valence-electron chi connectivity index (χ0n) is 17.1. The molecule has 0 atom stereocenters. The number of hydrogen-bond acceptors (Lipinski definition) is 10.